The van der Waals surface area contributed by atoms with E-state index in [0.29, 0.717) is 11.5 Å². The summed E-state index contributed by atoms with van der Waals surface area (Å²) in [7, 11) is 0. The zero-order valence-electron chi connectivity index (χ0n) is 16.1. The van der Waals surface area contributed by atoms with Gasteiger partial charge < -0.3 is 5.32 Å². The lowest BCUT2D eigenvalue weighted by molar-refractivity contribution is -0.115. The smallest absolute Gasteiger partial charge is 0.228 e. The predicted octanol–water partition coefficient (Wildman–Crippen LogP) is 3.92. The second-order valence-electron chi connectivity index (χ2n) is 6.76. The Morgan fingerprint density at radius 1 is 1.04 bits per heavy atom. The molecule has 1 amide bonds. The first-order chi connectivity index (χ1) is 13.5. The molecule has 0 bridgehead atoms. The van der Waals surface area contributed by atoms with Crippen LogP contribution in [-0.4, -0.2) is 25.4 Å². The van der Waals surface area contributed by atoms with Crippen LogP contribution in [0.1, 0.15) is 22.6 Å². The van der Waals surface area contributed by atoms with E-state index in [2.05, 4.69) is 20.3 Å². The Hall–Kier alpha value is -3.54. The minimum Gasteiger partial charge on any atom is -0.323 e. The van der Waals surface area contributed by atoms with Crippen molar-refractivity contribution >= 4 is 22.5 Å². The molecule has 0 fully saturated rings. The van der Waals surface area contributed by atoms with Crippen molar-refractivity contribution in [2.75, 3.05) is 5.32 Å². The number of pyridine rings is 2. The van der Waals surface area contributed by atoms with Crippen molar-refractivity contribution in [3.05, 3.63) is 77.6 Å². The van der Waals surface area contributed by atoms with Gasteiger partial charge in [0.05, 0.1) is 17.6 Å². The summed E-state index contributed by atoms with van der Waals surface area (Å²) >= 11 is 0. The van der Waals surface area contributed by atoms with Crippen LogP contribution in [0.2, 0.25) is 0 Å². The molecule has 6 heteroatoms. The van der Waals surface area contributed by atoms with E-state index in [1.807, 2.05) is 61.9 Å². The van der Waals surface area contributed by atoms with Crippen LogP contribution < -0.4 is 5.32 Å². The van der Waals surface area contributed by atoms with Crippen LogP contribution in [0, 0.1) is 20.8 Å². The summed E-state index contributed by atoms with van der Waals surface area (Å²) < 4.78 is 1.85. The van der Waals surface area contributed by atoms with Gasteiger partial charge in [0.2, 0.25) is 5.91 Å². The molecule has 140 valence electrons. The summed E-state index contributed by atoms with van der Waals surface area (Å²) in [5.41, 5.74) is 4.53. The number of nitrogens with one attached hydrogen (secondary N) is 1. The highest BCUT2D eigenvalue weighted by Gasteiger charge is 2.15. The third-order valence-corrected chi connectivity index (χ3v) is 4.94. The minimum absolute atomic E-state index is 0.102. The summed E-state index contributed by atoms with van der Waals surface area (Å²) in [4.78, 5) is 26.1. The van der Waals surface area contributed by atoms with Gasteiger partial charge in [0.25, 0.3) is 0 Å². The maximum absolute atomic E-state index is 12.8. The van der Waals surface area contributed by atoms with Crippen molar-refractivity contribution in [1.29, 1.82) is 0 Å². The van der Waals surface area contributed by atoms with E-state index in [0.717, 1.165) is 33.5 Å². The first kappa shape index (κ1) is 17.9. The third-order valence-electron chi connectivity index (χ3n) is 4.94. The van der Waals surface area contributed by atoms with Crippen LogP contribution >= 0.6 is 0 Å². The molecule has 0 saturated heterocycles. The number of carbonyl (C=O) groups excluding carboxylic acids is 1. The molecule has 0 aliphatic heterocycles. The number of hydrogen-bond donors (Lipinski definition) is 1. The van der Waals surface area contributed by atoms with E-state index < -0.39 is 0 Å². The average Bonchev–Trinajstić information content (AvgIpc) is 3.11. The van der Waals surface area contributed by atoms with Crippen LogP contribution in [0.15, 0.2) is 55.0 Å². The Morgan fingerprint density at radius 3 is 2.64 bits per heavy atom. The molecular formula is C22H21N5O. The average molecular weight is 371 g/mol. The summed E-state index contributed by atoms with van der Waals surface area (Å²) in [6, 6.07) is 11.7. The van der Waals surface area contributed by atoms with Gasteiger partial charge in [-0.1, -0.05) is 18.2 Å². The lowest BCUT2D eigenvalue weighted by atomic mass is 9.99. The summed E-state index contributed by atoms with van der Waals surface area (Å²) in [6.07, 6.45) is 5.50. The lowest BCUT2D eigenvalue weighted by Gasteiger charge is -2.14. The molecule has 0 saturated carbocycles. The number of imidazole rings is 1. The fourth-order valence-corrected chi connectivity index (χ4v) is 3.47. The topological polar surface area (TPSA) is 72.7 Å². The quantitative estimate of drug-likeness (QED) is 0.590. The largest absolute Gasteiger partial charge is 0.323 e. The molecule has 0 unspecified atom stereocenters. The highest BCUT2D eigenvalue weighted by Crippen LogP contribution is 2.24. The number of fused-ring (bicyclic) bond motifs is 1. The molecule has 1 N–H and O–H groups in total. The van der Waals surface area contributed by atoms with Gasteiger partial charge in [0.15, 0.2) is 5.82 Å². The molecule has 6 nitrogen and oxygen atoms in total. The second kappa shape index (κ2) is 7.23. The van der Waals surface area contributed by atoms with Crippen molar-refractivity contribution < 1.29 is 4.79 Å². The fourth-order valence-electron chi connectivity index (χ4n) is 3.47. The molecule has 0 spiro atoms. The molecule has 0 atom stereocenters. The number of carbonyl (C=O) groups is 1. The highest BCUT2D eigenvalue weighted by molar-refractivity contribution is 5.95. The van der Waals surface area contributed by atoms with Gasteiger partial charge in [-0.3, -0.25) is 14.3 Å². The van der Waals surface area contributed by atoms with Crippen LogP contribution in [0.4, 0.5) is 5.69 Å². The van der Waals surface area contributed by atoms with Crippen LogP contribution in [0.25, 0.3) is 16.7 Å². The van der Waals surface area contributed by atoms with Crippen molar-refractivity contribution in [3.63, 3.8) is 0 Å². The Bertz CT molecular complexity index is 1180. The molecule has 4 aromatic rings. The number of benzene rings is 1. The van der Waals surface area contributed by atoms with E-state index >= 15 is 0 Å². The van der Waals surface area contributed by atoms with Gasteiger partial charge in [-0.15, -0.1) is 0 Å². The molecule has 3 aromatic heterocycles. The van der Waals surface area contributed by atoms with Gasteiger partial charge in [-0.25, -0.2) is 9.97 Å². The molecule has 3 heterocycles. The number of nitrogens with zero attached hydrogens (tertiary/aromatic N) is 4. The first-order valence-corrected chi connectivity index (χ1v) is 9.14. The fraction of sp³-hybridized carbons (Fsp3) is 0.182. The van der Waals surface area contributed by atoms with Crippen LogP contribution in [0.3, 0.4) is 0 Å². The lowest BCUT2D eigenvalue weighted by Crippen LogP contribution is -2.18. The molecule has 28 heavy (non-hydrogen) atoms. The zero-order valence-corrected chi connectivity index (χ0v) is 16.1. The maximum Gasteiger partial charge on any atom is 0.228 e. The van der Waals surface area contributed by atoms with Crippen molar-refractivity contribution in [2.45, 2.75) is 27.2 Å². The molecule has 4 rings (SSSR count). The number of hydrogen-bond acceptors (Lipinski definition) is 4. The molecule has 0 aliphatic carbocycles. The van der Waals surface area contributed by atoms with Gasteiger partial charge >= 0.3 is 0 Å². The van der Waals surface area contributed by atoms with Crippen LogP contribution in [-0.2, 0) is 11.2 Å². The predicted molar refractivity (Wildman–Crippen MR) is 110 cm³/mol. The number of para-hydroxylation sites is 1. The Morgan fingerprint density at radius 2 is 1.86 bits per heavy atom. The number of anilines is 1. The van der Waals surface area contributed by atoms with Crippen molar-refractivity contribution in [1.82, 2.24) is 19.5 Å². The summed E-state index contributed by atoms with van der Waals surface area (Å²) in [5, 5.41) is 4.08. The van der Waals surface area contributed by atoms with E-state index in [9.17, 15) is 4.79 Å². The molecule has 0 aliphatic rings. The van der Waals surface area contributed by atoms with Crippen molar-refractivity contribution in [3.8, 4) is 5.82 Å². The van der Waals surface area contributed by atoms with E-state index in [1.54, 1.807) is 18.5 Å². The number of aryl methyl sites for hydroxylation is 3. The van der Waals surface area contributed by atoms with E-state index in [1.165, 1.54) is 0 Å². The number of aromatic nitrogens is 4. The van der Waals surface area contributed by atoms with Crippen molar-refractivity contribution in [2.24, 2.45) is 0 Å². The van der Waals surface area contributed by atoms with Gasteiger partial charge in [-0.05, 0) is 50.1 Å². The monoisotopic (exact) mass is 371 g/mol. The van der Waals surface area contributed by atoms with Gasteiger partial charge in [-0.2, -0.15) is 0 Å². The molecule has 0 radical (unpaired) electrons. The highest BCUT2D eigenvalue weighted by atomic mass is 16.1. The molecular weight excluding hydrogens is 350 g/mol. The van der Waals surface area contributed by atoms with Gasteiger partial charge in [0.1, 0.15) is 5.82 Å². The standard InChI is InChI=1S/C22H21N5O/c1-14-17-7-4-5-8-19(17)25-15(2)18(14)13-21(28)26-20-9-6-10-24-22(20)27-12-11-23-16(27)3/h4-12H,13H2,1-3H3,(H,26,28). The minimum atomic E-state index is -0.102. The normalized spacial score (nSPS) is 11.0. The summed E-state index contributed by atoms with van der Waals surface area (Å²) in [5.74, 6) is 1.35. The zero-order chi connectivity index (χ0) is 19.7. The maximum atomic E-state index is 12.8. The summed E-state index contributed by atoms with van der Waals surface area (Å²) in [6.45, 7) is 5.89. The number of rotatable bonds is 4. The Labute approximate surface area is 163 Å². The Balaban J connectivity index is 1.63. The van der Waals surface area contributed by atoms with Gasteiger partial charge in [0, 0.05) is 29.7 Å². The van der Waals surface area contributed by atoms with E-state index in [4.69, 9.17) is 0 Å². The second-order valence-corrected chi connectivity index (χ2v) is 6.76. The Kier molecular flexibility index (Phi) is 4.61. The third kappa shape index (κ3) is 3.24. The number of amides is 1. The first-order valence-electron chi connectivity index (χ1n) is 9.14. The van der Waals surface area contributed by atoms with E-state index in [-0.39, 0.29) is 12.3 Å². The SMILES string of the molecule is Cc1nc2ccccc2c(C)c1CC(=O)Nc1cccnc1-n1ccnc1C. The molecule has 1 aromatic carbocycles. The van der Waals surface area contributed by atoms with Crippen LogP contribution in [0.5, 0.6) is 0 Å².